The molecule has 1 unspecified atom stereocenters. The van der Waals surface area contributed by atoms with Gasteiger partial charge < -0.3 is 45.7 Å². The Labute approximate surface area is 126 Å². The van der Waals surface area contributed by atoms with Crippen molar-refractivity contribution in [3.8, 4) is 0 Å². The van der Waals surface area contributed by atoms with Gasteiger partial charge in [0.1, 0.15) is 6.04 Å². The second-order valence-corrected chi connectivity index (χ2v) is 5.23. The molecular formula is C6H14Cl2N6O4Pt-4. The van der Waals surface area contributed by atoms with E-state index in [0.717, 1.165) is 5.34 Å². The van der Waals surface area contributed by atoms with Gasteiger partial charge in [0, 0.05) is 0 Å². The molecule has 0 aromatic carbocycles. The molecule has 0 spiro atoms. The quantitative estimate of drug-likeness (QED) is 0.315. The predicted octanol–water partition coefficient (Wildman–Crippen LogP) is 3.01. The Morgan fingerprint density at radius 1 is 1.58 bits per heavy atom. The first kappa shape index (κ1) is 30.9. The molecule has 0 saturated heterocycles. The summed E-state index contributed by atoms with van der Waals surface area (Å²) in [5.74, 6) is -1.07. The van der Waals surface area contributed by atoms with E-state index in [0.29, 0.717) is 5.69 Å². The van der Waals surface area contributed by atoms with Gasteiger partial charge in [-0.05, 0) is 0 Å². The number of nitrogens with zero attached hydrogens (tertiary/aromatic N) is 2. The molecule has 0 aliphatic carbocycles. The van der Waals surface area contributed by atoms with Crippen LogP contribution in [0.1, 0.15) is 11.7 Å². The van der Waals surface area contributed by atoms with Gasteiger partial charge in [-0.25, -0.2) is 4.98 Å². The SMILES string of the molecule is NC(C(=O)O)c1cnc[nH]1.O=N[O-].[CH3-].[Cl][Pt][Cl].[NH2-].[NH2-]. The number of hydrogen-bond donors (Lipinski definition) is 3. The minimum Gasteiger partial charge on any atom is -0.693 e. The Kier molecular flexibility index (Phi) is 36.5. The number of aromatic amines is 1. The van der Waals surface area contributed by atoms with Crippen LogP contribution >= 0.6 is 18.8 Å². The zero-order chi connectivity index (χ0) is 13.0. The summed E-state index contributed by atoms with van der Waals surface area (Å²) in [6.07, 6.45) is 2.77. The molecule has 0 fully saturated rings. The summed E-state index contributed by atoms with van der Waals surface area (Å²) in [5.41, 5.74) is 5.62. The fourth-order valence-electron chi connectivity index (χ4n) is 0.570. The number of halogens is 2. The summed E-state index contributed by atoms with van der Waals surface area (Å²) in [7, 11) is 9.75. The van der Waals surface area contributed by atoms with Crippen LogP contribution in [0.15, 0.2) is 17.9 Å². The van der Waals surface area contributed by atoms with Crippen molar-refractivity contribution in [3.63, 3.8) is 0 Å². The predicted molar refractivity (Wildman–Crippen MR) is 71.0 cm³/mol. The molecule has 10 nitrogen and oxygen atoms in total. The number of hydrogen-bond acceptors (Lipinski definition) is 6. The number of aliphatic carboxylic acids is 1. The van der Waals surface area contributed by atoms with Gasteiger partial charge in [-0.1, -0.05) is 0 Å². The third kappa shape index (κ3) is 19.7. The molecule has 0 aliphatic heterocycles. The monoisotopic (exact) mass is 499 g/mol. The van der Waals surface area contributed by atoms with Crippen molar-refractivity contribution in [1.29, 1.82) is 0 Å². The Hall–Kier alpha value is -0.772. The Balaban J connectivity index is -0.0000000635. The minimum absolute atomic E-state index is 0. The Morgan fingerprint density at radius 3 is 2.16 bits per heavy atom. The van der Waals surface area contributed by atoms with E-state index >= 15 is 0 Å². The number of aromatic nitrogens is 2. The van der Waals surface area contributed by atoms with Crippen LogP contribution in [0.3, 0.4) is 0 Å². The molecule has 0 radical (unpaired) electrons. The van der Waals surface area contributed by atoms with Gasteiger partial charge in [-0.3, -0.25) is 4.79 Å². The zero-order valence-electron chi connectivity index (χ0n) is 9.60. The van der Waals surface area contributed by atoms with Crippen molar-refractivity contribution in [3.05, 3.63) is 48.1 Å². The summed E-state index contributed by atoms with van der Waals surface area (Å²) in [5, 5.41) is 17.4. The molecule has 0 aliphatic rings. The maximum absolute atomic E-state index is 10.2. The molecule has 120 valence electrons. The second-order valence-electron chi connectivity index (χ2n) is 1.94. The first-order valence-corrected chi connectivity index (χ1v) is 8.92. The largest absolute Gasteiger partial charge is 0.693 e. The Morgan fingerprint density at radius 2 is 1.95 bits per heavy atom. The van der Waals surface area contributed by atoms with E-state index in [1.807, 2.05) is 0 Å². The van der Waals surface area contributed by atoms with Crippen molar-refractivity contribution in [2.45, 2.75) is 6.04 Å². The summed E-state index contributed by atoms with van der Waals surface area (Å²) < 4.78 is 0. The van der Waals surface area contributed by atoms with E-state index in [9.17, 15) is 4.79 Å². The normalized spacial score (nSPS) is 8.58. The number of nitrogens with two attached hydrogens (primary N) is 3. The number of nitrogens with one attached hydrogen (secondary N) is 1. The van der Waals surface area contributed by atoms with Gasteiger partial charge in [0.2, 0.25) is 0 Å². The van der Waals surface area contributed by atoms with E-state index in [1.165, 1.54) is 12.5 Å². The van der Waals surface area contributed by atoms with Crippen molar-refractivity contribution in [2.75, 3.05) is 0 Å². The van der Waals surface area contributed by atoms with Crippen molar-refractivity contribution >= 4 is 24.8 Å². The number of carbonyl (C=O) groups is 1. The molecule has 0 bridgehead atoms. The topological polar surface area (TPSA) is 211 Å². The molecule has 13 heteroatoms. The van der Waals surface area contributed by atoms with Crippen molar-refractivity contribution in [2.24, 2.45) is 11.1 Å². The minimum atomic E-state index is -1.07. The van der Waals surface area contributed by atoms with Crippen LogP contribution in [0.4, 0.5) is 0 Å². The average Bonchev–Trinajstić information content (AvgIpc) is 2.71. The number of H-pyrrole nitrogens is 1. The van der Waals surface area contributed by atoms with Crippen LogP contribution in [0.2, 0.25) is 0 Å². The Bertz CT molecular complexity index is 291. The van der Waals surface area contributed by atoms with Gasteiger partial charge in [0.15, 0.2) is 0 Å². The molecule has 0 amide bonds. The van der Waals surface area contributed by atoms with Crippen LogP contribution in [-0.2, 0) is 21.3 Å². The smallest absolute Gasteiger partial charge is 0.693 e. The second kappa shape index (κ2) is 22.4. The molecule has 1 aromatic heterocycles. The molecule has 0 saturated carbocycles. The summed E-state index contributed by atoms with van der Waals surface area (Å²) >= 11 is -0.472. The standard InChI is InChI=1S/C5H7N3O2.CH3.2ClH.HNO2.2H2N.Pt/c6-4(5(9)10)3-1-7-2-8-3;;;;2-1-3;;;/h1-2,4H,6H2,(H,7,8)(H,9,10);1H3;2*1H;(H,2,3);2*1H2;/q;-1;;;;2*-1;+2/p-3. The van der Waals surface area contributed by atoms with Gasteiger partial charge in [0.25, 0.3) is 0 Å². The van der Waals surface area contributed by atoms with Crippen molar-refractivity contribution in [1.82, 2.24) is 9.97 Å². The van der Waals surface area contributed by atoms with E-state index in [2.05, 4.69) is 9.97 Å². The summed E-state index contributed by atoms with van der Waals surface area (Å²) in [4.78, 5) is 24.5. The average molecular weight is 500 g/mol. The first-order chi connectivity index (χ1) is 7.54. The summed E-state index contributed by atoms with van der Waals surface area (Å²) in [6, 6.07) is -0.998. The fourth-order valence-corrected chi connectivity index (χ4v) is 0.570. The number of imidazole rings is 1. The van der Waals surface area contributed by atoms with E-state index < -0.39 is 28.5 Å². The van der Waals surface area contributed by atoms with Crippen LogP contribution in [-0.4, -0.2) is 21.0 Å². The van der Waals surface area contributed by atoms with Crippen molar-refractivity contribution < 1.29 is 26.4 Å². The van der Waals surface area contributed by atoms with Crippen LogP contribution in [0.5, 0.6) is 0 Å². The number of rotatable bonds is 2. The van der Waals surface area contributed by atoms with Crippen LogP contribution < -0.4 is 5.73 Å². The van der Waals surface area contributed by atoms with Gasteiger partial charge in [-0.15, -0.1) is 5.34 Å². The van der Waals surface area contributed by atoms with E-state index in [4.69, 9.17) is 39.8 Å². The molecule has 19 heavy (non-hydrogen) atoms. The van der Waals surface area contributed by atoms with Crippen LogP contribution in [0.25, 0.3) is 12.3 Å². The van der Waals surface area contributed by atoms with Gasteiger partial charge in [0.05, 0.1) is 18.2 Å². The number of carboxylic acid groups (broad SMARTS) is 1. The maximum atomic E-state index is 10.2. The molecular weight excluding hydrogens is 486 g/mol. The maximum Gasteiger partial charge on any atom is -0.693 e. The third-order valence-electron chi connectivity index (χ3n) is 1.12. The summed E-state index contributed by atoms with van der Waals surface area (Å²) in [6.45, 7) is 0. The molecule has 8 N–H and O–H groups in total. The third-order valence-corrected chi connectivity index (χ3v) is 1.12. The van der Waals surface area contributed by atoms with E-state index in [-0.39, 0.29) is 19.7 Å². The molecule has 1 rings (SSSR count). The molecule has 1 heterocycles. The van der Waals surface area contributed by atoms with E-state index in [1.54, 1.807) is 0 Å². The number of carboxylic acids is 1. The van der Waals surface area contributed by atoms with Gasteiger partial charge in [-0.2, -0.15) is 0 Å². The first-order valence-electron chi connectivity index (χ1n) is 3.29. The zero-order valence-corrected chi connectivity index (χ0v) is 13.4. The fraction of sp³-hybridized carbons (Fsp3) is 0.167. The molecule has 1 aromatic rings. The molecule has 1 atom stereocenters. The van der Waals surface area contributed by atoms with Crippen LogP contribution in [0, 0.1) is 17.5 Å². The van der Waals surface area contributed by atoms with Gasteiger partial charge >= 0.3 is 41.3 Å².